The van der Waals surface area contributed by atoms with Crippen LogP contribution in [0.25, 0.3) is 0 Å². The maximum Gasteiger partial charge on any atom is 0.416 e. The van der Waals surface area contributed by atoms with Crippen LogP contribution in [-0.2, 0) is 30.6 Å². The molecule has 0 atom stereocenters. The standard InChI is InChI=1S/C20H27F3N2O5S2/c1-18(2,32(29,30)16-5-3-4-13(12-16)20(21,22)23)14-10-15(11-14)25-17(26)19(24)6-8-31(27,28)9-7-19/h3-5,12,14-15H,6-11,24H2,1-2H3,(H,25,26). The van der Waals surface area contributed by atoms with E-state index in [1.54, 1.807) is 0 Å². The van der Waals surface area contributed by atoms with Crippen LogP contribution in [0.2, 0.25) is 0 Å². The lowest BCUT2D eigenvalue weighted by molar-refractivity contribution is -0.137. The lowest BCUT2D eigenvalue weighted by Crippen LogP contribution is -2.62. The van der Waals surface area contributed by atoms with Gasteiger partial charge in [0, 0.05) is 6.04 Å². The fourth-order valence-electron chi connectivity index (χ4n) is 4.12. The molecular formula is C20H27F3N2O5S2. The molecule has 1 saturated carbocycles. The number of hydrogen-bond acceptors (Lipinski definition) is 6. The minimum Gasteiger partial charge on any atom is -0.352 e. The maximum atomic E-state index is 13.1. The Labute approximate surface area is 185 Å². The smallest absolute Gasteiger partial charge is 0.352 e. The highest BCUT2D eigenvalue weighted by Crippen LogP contribution is 2.44. The van der Waals surface area contributed by atoms with Crippen molar-refractivity contribution in [2.24, 2.45) is 11.7 Å². The molecule has 1 amide bonds. The van der Waals surface area contributed by atoms with E-state index in [-0.39, 0.29) is 36.3 Å². The molecule has 1 aliphatic carbocycles. The van der Waals surface area contributed by atoms with Crippen LogP contribution in [0, 0.1) is 5.92 Å². The quantitative estimate of drug-likeness (QED) is 0.643. The minimum atomic E-state index is -4.65. The van der Waals surface area contributed by atoms with Crippen LogP contribution in [0.3, 0.4) is 0 Å². The third kappa shape index (κ3) is 4.67. The van der Waals surface area contributed by atoms with Gasteiger partial charge in [-0.2, -0.15) is 13.2 Å². The van der Waals surface area contributed by atoms with Crippen molar-refractivity contribution in [2.45, 2.75) is 66.9 Å². The van der Waals surface area contributed by atoms with E-state index in [0.717, 1.165) is 18.2 Å². The lowest BCUT2D eigenvalue weighted by Gasteiger charge is -2.46. The van der Waals surface area contributed by atoms with Gasteiger partial charge in [-0.15, -0.1) is 0 Å². The van der Waals surface area contributed by atoms with Crippen LogP contribution >= 0.6 is 0 Å². The Morgan fingerprint density at radius 1 is 1.16 bits per heavy atom. The Morgan fingerprint density at radius 3 is 2.25 bits per heavy atom. The number of hydrogen-bond donors (Lipinski definition) is 2. The van der Waals surface area contributed by atoms with E-state index in [9.17, 15) is 34.8 Å². The van der Waals surface area contributed by atoms with Crippen molar-refractivity contribution in [3.05, 3.63) is 29.8 Å². The fraction of sp³-hybridized carbons (Fsp3) is 0.650. The molecule has 1 aromatic rings. The first-order valence-corrected chi connectivity index (χ1v) is 13.5. The number of rotatable bonds is 5. The van der Waals surface area contributed by atoms with Crippen molar-refractivity contribution >= 4 is 25.6 Å². The summed E-state index contributed by atoms with van der Waals surface area (Å²) in [5.74, 6) is -1.17. The summed E-state index contributed by atoms with van der Waals surface area (Å²) in [7, 11) is -7.27. The summed E-state index contributed by atoms with van der Waals surface area (Å²) < 4.78 is 87.1. The van der Waals surface area contributed by atoms with Crippen LogP contribution in [0.1, 0.15) is 45.1 Å². The molecule has 2 aliphatic rings. The summed E-state index contributed by atoms with van der Waals surface area (Å²) >= 11 is 0. The van der Waals surface area contributed by atoms with E-state index >= 15 is 0 Å². The number of carbonyl (C=O) groups excluding carboxylic acids is 1. The summed E-state index contributed by atoms with van der Waals surface area (Å²) in [5.41, 5.74) is 3.79. The van der Waals surface area contributed by atoms with Gasteiger partial charge in [0.05, 0.1) is 32.3 Å². The van der Waals surface area contributed by atoms with Crippen molar-refractivity contribution in [3.8, 4) is 0 Å². The molecule has 0 radical (unpaired) electrons. The van der Waals surface area contributed by atoms with Gasteiger partial charge in [0.15, 0.2) is 9.84 Å². The first kappa shape index (κ1) is 25.0. The second-order valence-electron chi connectivity index (χ2n) is 9.28. The predicted molar refractivity (Wildman–Crippen MR) is 112 cm³/mol. The summed E-state index contributed by atoms with van der Waals surface area (Å²) in [6, 6.07) is 3.35. The highest BCUT2D eigenvalue weighted by atomic mass is 32.2. The highest BCUT2D eigenvalue weighted by Gasteiger charge is 2.50. The Hall–Kier alpha value is -1.66. The number of nitrogens with two attached hydrogens (primary N) is 1. The molecule has 0 bridgehead atoms. The first-order chi connectivity index (χ1) is 14.5. The fourth-order valence-corrected chi connectivity index (χ4v) is 7.46. The molecule has 1 aliphatic heterocycles. The van der Waals surface area contributed by atoms with Crippen LogP contribution < -0.4 is 11.1 Å². The number of alkyl halides is 3. The molecular weight excluding hydrogens is 469 g/mol. The molecule has 3 N–H and O–H groups in total. The van der Waals surface area contributed by atoms with Crippen LogP contribution in [0.4, 0.5) is 13.2 Å². The summed E-state index contributed by atoms with van der Waals surface area (Å²) in [6.45, 7) is 2.95. The van der Waals surface area contributed by atoms with Crippen molar-refractivity contribution in [1.82, 2.24) is 5.32 Å². The molecule has 180 valence electrons. The van der Waals surface area contributed by atoms with E-state index in [1.165, 1.54) is 13.8 Å². The largest absolute Gasteiger partial charge is 0.416 e. The second kappa shape index (κ2) is 7.98. The zero-order valence-corrected chi connectivity index (χ0v) is 19.4. The van der Waals surface area contributed by atoms with Gasteiger partial charge in [-0.25, -0.2) is 16.8 Å². The number of halogens is 3. The third-order valence-electron chi connectivity index (χ3n) is 6.79. The van der Waals surface area contributed by atoms with Gasteiger partial charge < -0.3 is 11.1 Å². The number of benzene rings is 1. The SMILES string of the molecule is CC(C)(C1CC(NC(=O)C2(N)CCS(=O)(=O)CC2)C1)S(=O)(=O)c1cccc(C(F)(F)F)c1. The van der Waals surface area contributed by atoms with Gasteiger partial charge in [-0.05, 0) is 63.6 Å². The zero-order chi connectivity index (χ0) is 24.2. The topological polar surface area (TPSA) is 123 Å². The van der Waals surface area contributed by atoms with E-state index < -0.39 is 52.5 Å². The number of sulfone groups is 2. The Morgan fingerprint density at radius 2 is 1.72 bits per heavy atom. The third-order valence-corrected chi connectivity index (χ3v) is 11.0. The average molecular weight is 497 g/mol. The predicted octanol–water partition coefficient (Wildman–Crippen LogP) is 2.06. The van der Waals surface area contributed by atoms with E-state index in [2.05, 4.69) is 5.32 Å². The second-order valence-corrected chi connectivity index (χ2v) is 14.1. The van der Waals surface area contributed by atoms with E-state index in [4.69, 9.17) is 5.73 Å². The molecule has 0 spiro atoms. The van der Waals surface area contributed by atoms with Crippen LogP contribution in [-0.4, -0.2) is 50.6 Å². The maximum absolute atomic E-state index is 13.1. The number of nitrogens with one attached hydrogen (secondary N) is 1. The summed E-state index contributed by atoms with van der Waals surface area (Å²) in [4.78, 5) is 12.2. The van der Waals surface area contributed by atoms with Gasteiger partial charge in [0.1, 0.15) is 9.84 Å². The highest BCUT2D eigenvalue weighted by molar-refractivity contribution is 7.92. The molecule has 3 rings (SSSR count). The lowest BCUT2D eigenvalue weighted by atomic mass is 9.72. The van der Waals surface area contributed by atoms with E-state index in [0.29, 0.717) is 18.9 Å². The van der Waals surface area contributed by atoms with Crippen LogP contribution in [0.15, 0.2) is 29.2 Å². The molecule has 12 heteroatoms. The molecule has 1 aromatic carbocycles. The van der Waals surface area contributed by atoms with Gasteiger partial charge in [-0.1, -0.05) is 6.07 Å². The molecule has 1 heterocycles. The van der Waals surface area contributed by atoms with Gasteiger partial charge in [0.25, 0.3) is 0 Å². The molecule has 7 nitrogen and oxygen atoms in total. The normalized spacial score (nSPS) is 25.6. The Bertz CT molecular complexity index is 1090. The first-order valence-electron chi connectivity index (χ1n) is 10.2. The summed E-state index contributed by atoms with van der Waals surface area (Å²) in [5, 5.41) is 2.77. The van der Waals surface area contributed by atoms with Gasteiger partial charge in [0.2, 0.25) is 5.91 Å². The molecule has 32 heavy (non-hydrogen) atoms. The van der Waals surface area contributed by atoms with Crippen molar-refractivity contribution < 1.29 is 34.8 Å². The molecule has 0 aromatic heterocycles. The average Bonchev–Trinajstić information content (AvgIpc) is 2.65. The Balaban J connectivity index is 1.66. The monoisotopic (exact) mass is 496 g/mol. The summed E-state index contributed by atoms with van der Waals surface area (Å²) in [6.07, 6.45) is -3.96. The van der Waals surface area contributed by atoms with Crippen molar-refractivity contribution in [2.75, 3.05) is 11.5 Å². The minimum absolute atomic E-state index is 0.0206. The number of carbonyl (C=O) groups is 1. The molecule has 0 unspecified atom stereocenters. The Kier molecular flexibility index (Phi) is 6.23. The molecule has 1 saturated heterocycles. The van der Waals surface area contributed by atoms with E-state index in [1.807, 2.05) is 0 Å². The number of amides is 1. The molecule has 2 fully saturated rings. The van der Waals surface area contributed by atoms with Crippen molar-refractivity contribution in [1.29, 1.82) is 0 Å². The van der Waals surface area contributed by atoms with Gasteiger partial charge in [-0.3, -0.25) is 4.79 Å². The zero-order valence-electron chi connectivity index (χ0n) is 17.8. The van der Waals surface area contributed by atoms with Crippen molar-refractivity contribution in [3.63, 3.8) is 0 Å². The van der Waals surface area contributed by atoms with Crippen LogP contribution in [0.5, 0.6) is 0 Å². The van der Waals surface area contributed by atoms with Gasteiger partial charge >= 0.3 is 6.18 Å².